The third-order valence-electron chi connectivity index (χ3n) is 3.50. The van der Waals surface area contributed by atoms with Crippen LogP contribution < -0.4 is 0 Å². The van der Waals surface area contributed by atoms with Gasteiger partial charge < -0.3 is 4.57 Å². The molecule has 3 aromatic rings. The van der Waals surface area contributed by atoms with E-state index in [9.17, 15) is 13.6 Å². The van der Waals surface area contributed by atoms with Crippen molar-refractivity contribution in [2.24, 2.45) is 7.05 Å². The molecule has 0 unspecified atom stereocenters. The van der Waals surface area contributed by atoms with Gasteiger partial charge in [-0.2, -0.15) is 0 Å². The normalized spacial score (nSPS) is 10.9. The second-order valence-electron chi connectivity index (χ2n) is 5.21. The summed E-state index contributed by atoms with van der Waals surface area (Å²) < 4.78 is 28.6. The Balaban J connectivity index is 1.75. The number of hydrogen-bond donors (Lipinski definition) is 0. The number of thioether (sulfide) groups is 1. The highest BCUT2D eigenvalue weighted by Gasteiger charge is 2.16. The quantitative estimate of drug-likeness (QED) is 0.487. The van der Waals surface area contributed by atoms with E-state index in [1.807, 2.05) is 12.1 Å². The van der Waals surface area contributed by atoms with Gasteiger partial charge in [-0.3, -0.25) is 4.79 Å². The maximum Gasteiger partial charge on any atom is 0.191 e. The van der Waals surface area contributed by atoms with Crippen LogP contribution in [-0.4, -0.2) is 26.3 Å². The Morgan fingerprint density at radius 2 is 1.88 bits per heavy atom. The summed E-state index contributed by atoms with van der Waals surface area (Å²) in [5.74, 6) is -1.38. The summed E-state index contributed by atoms with van der Waals surface area (Å²) in [7, 11) is 1.76. The largest absolute Gasteiger partial charge is 0.305 e. The zero-order valence-electron chi connectivity index (χ0n) is 13.0. The maximum absolute atomic E-state index is 13.6. The fraction of sp³-hybridized carbons (Fsp3) is 0.118. The monoisotopic (exact) mass is 379 g/mol. The number of nitrogens with zero attached hydrogens (tertiary/aromatic N) is 3. The fourth-order valence-corrected chi connectivity index (χ4v) is 3.13. The molecule has 4 nitrogen and oxygen atoms in total. The lowest BCUT2D eigenvalue weighted by atomic mass is 10.1. The molecule has 2 aromatic carbocycles. The van der Waals surface area contributed by atoms with Gasteiger partial charge in [0.25, 0.3) is 0 Å². The highest BCUT2D eigenvalue weighted by Crippen LogP contribution is 2.24. The topological polar surface area (TPSA) is 47.8 Å². The van der Waals surface area contributed by atoms with Crippen LogP contribution in [0.15, 0.2) is 47.6 Å². The van der Waals surface area contributed by atoms with Gasteiger partial charge in [-0.25, -0.2) is 8.78 Å². The van der Waals surface area contributed by atoms with E-state index in [2.05, 4.69) is 10.2 Å². The van der Waals surface area contributed by atoms with Crippen LogP contribution in [0.2, 0.25) is 5.02 Å². The molecular formula is C17H12ClF2N3OS. The molecule has 0 radical (unpaired) electrons. The SMILES string of the molecule is Cn1c(SCC(=O)c2cc(F)ccc2F)nnc1-c1ccc(Cl)cc1. The van der Waals surface area contributed by atoms with Crippen LogP contribution in [0.25, 0.3) is 11.4 Å². The third-order valence-corrected chi connectivity index (χ3v) is 4.77. The Labute approximate surface area is 151 Å². The minimum Gasteiger partial charge on any atom is -0.305 e. The number of benzene rings is 2. The summed E-state index contributed by atoms with van der Waals surface area (Å²) >= 11 is 6.98. The second kappa shape index (κ2) is 7.33. The molecule has 0 aliphatic carbocycles. The lowest BCUT2D eigenvalue weighted by molar-refractivity contribution is 0.101. The van der Waals surface area contributed by atoms with Crippen molar-refractivity contribution in [3.63, 3.8) is 0 Å². The van der Waals surface area contributed by atoms with E-state index in [0.29, 0.717) is 16.0 Å². The van der Waals surface area contributed by atoms with E-state index in [-0.39, 0.29) is 11.3 Å². The van der Waals surface area contributed by atoms with Crippen molar-refractivity contribution >= 4 is 29.1 Å². The summed E-state index contributed by atoms with van der Waals surface area (Å²) in [4.78, 5) is 12.1. The van der Waals surface area contributed by atoms with E-state index >= 15 is 0 Å². The minimum atomic E-state index is -0.744. The molecule has 0 saturated heterocycles. The van der Waals surface area contributed by atoms with Crippen molar-refractivity contribution in [2.75, 3.05) is 5.75 Å². The first-order chi connectivity index (χ1) is 12.0. The van der Waals surface area contributed by atoms with Crippen LogP contribution in [0.1, 0.15) is 10.4 Å². The van der Waals surface area contributed by atoms with Gasteiger partial charge in [0.1, 0.15) is 11.6 Å². The molecule has 0 amide bonds. The van der Waals surface area contributed by atoms with Crippen LogP contribution in [-0.2, 0) is 7.05 Å². The lowest BCUT2D eigenvalue weighted by Gasteiger charge is -2.05. The number of aromatic nitrogens is 3. The van der Waals surface area contributed by atoms with E-state index in [1.54, 1.807) is 23.7 Å². The minimum absolute atomic E-state index is 0.0764. The first kappa shape index (κ1) is 17.6. The zero-order valence-corrected chi connectivity index (χ0v) is 14.6. The molecule has 3 rings (SSSR count). The van der Waals surface area contributed by atoms with Crippen molar-refractivity contribution in [2.45, 2.75) is 5.16 Å². The number of hydrogen-bond acceptors (Lipinski definition) is 4. The first-order valence-corrected chi connectivity index (χ1v) is 8.58. The standard InChI is InChI=1S/C17H12ClF2N3OS/c1-23-16(10-2-4-11(18)5-3-10)21-22-17(23)25-9-15(24)13-8-12(19)6-7-14(13)20/h2-8H,9H2,1H3. The van der Waals surface area contributed by atoms with Gasteiger partial charge in [0.2, 0.25) is 0 Å². The molecule has 1 heterocycles. The number of carbonyl (C=O) groups excluding carboxylic acids is 1. The molecule has 25 heavy (non-hydrogen) atoms. The molecule has 0 spiro atoms. The average Bonchev–Trinajstić information content (AvgIpc) is 2.96. The molecule has 0 aliphatic heterocycles. The van der Waals surface area contributed by atoms with E-state index in [4.69, 9.17) is 11.6 Å². The predicted molar refractivity (Wildman–Crippen MR) is 92.9 cm³/mol. The van der Waals surface area contributed by atoms with Gasteiger partial charge in [0.05, 0.1) is 11.3 Å². The lowest BCUT2D eigenvalue weighted by Crippen LogP contribution is -2.07. The molecule has 0 fully saturated rings. The Morgan fingerprint density at radius 1 is 1.16 bits per heavy atom. The van der Waals surface area contributed by atoms with Gasteiger partial charge in [0.15, 0.2) is 16.8 Å². The molecule has 1 aromatic heterocycles. The molecule has 0 bridgehead atoms. The average molecular weight is 380 g/mol. The molecule has 128 valence electrons. The number of halogens is 3. The molecule has 0 N–H and O–H groups in total. The van der Waals surface area contributed by atoms with Crippen molar-refractivity contribution in [3.05, 3.63) is 64.7 Å². The zero-order chi connectivity index (χ0) is 18.0. The molecule has 0 atom stereocenters. The summed E-state index contributed by atoms with van der Waals surface area (Å²) in [5, 5.41) is 9.25. The summed E-state index contributed by atoms with van der Waals surface area (Å²) in [6.45, 7) is 0. The van der Waals surface area contributed by atoms with E-state index in [0.717, 1.165) is 35.5 Å². The maximum atomic E-state index is 13.6. The van der Waals surface area contributed by atoms with Crippen LogP contribution in [0.3, 0.4) is 0 Å². The van der Waals surface area contributed by atoms with Crippen molar-refractivity contribution < 1.29 is 13.6 Å². The van der Waals surface area contributed by atoms with Crippen LogP contribution in [0.5, 0.6) is 0 Å². The Hall–Kier alpha value is -2.25. The van der Waals surface area contributed by atoms with Crippen molar-refractivity contribution in [3.8, 4) is 11.4 Å². The fourth-order valence-electron chi connectivity index (χ4n) is 2.21. The smallest absolute Gasteiger partial charge is 0.191 e. The first-order valence-electron chi connectivity index (χ1n) is 7.22. The van der Waals surface area contributed by atoms with Crippen LogP contribution >= 0.6 is 23.4 Å². The Morgan fingerprint density at radius 3 is 2.60 bits per heavy atom. The van der Waals surface area contributed by atoms with Crippen LogP contribution in [0.4, 0.5) is 8.78 Å². The Bertz CT molecular complexity index is 928. The number of carbonyl (C=O) groups is 1. The van der Waals surface area contributed by atoms with Crippen molar-refractivity contribution in [1.29, 1.82) is 0 Å². The van der Waals surface area contributed by atoms with E-state index < -0.39 is 17.4 Å². The number of rotatable bonds is 5. The van der Waals surface area contributed by atoms with Gasteiger partial charge in [-0.15, -0.1) is 10.2 Å². The van der Waals surface area contributed by atoms with Gasteiger partial charge in [-0.05, 0) is 42.5 Å². The van der Waals surface area contributed by atoms with E-state index in [1.165, 1.54) is 0 Å². The van der Waals surface area contributed by atoms with Gasteiger partial charge in [0, 0.05) is 17.6 Å². The highest BCUT2D eigenvalue weighted by molar-refractivity contribution is 7.99. The van der Waals surface area contributed by atoms with Crippen molar-refractivity contribution in [1.82, 2.24) is 14.8 Å². The number of Topliss-reactive ketones (excluding diaryl/α,β-unsaturated/α-hetero) is 1. The summed E-state index contributed by atoms with van der Waals surface area (Å²) in [5.41, 5.74) is 0.557. The molecule has 0 aliphatic rings. The molecule has 8 heteroatoms. The third kappa shape index (κ3) is 3.88. The molecule has 0 saturated carbocycles. The van der Waals surface area contributed by atoms with Gasteiger partial charge >= 0.3 is 0 Å². The highest BCUT2D eigenvalue weighted by atomic mass is 35.5. The van der Waals surface area contributed by atoms with Crippen LogP contribution in [0, 0.1) is 11.6 Å². The molecular weight excluding hydrogens is 368 g/mol. The summed E-state index contributed by atoms with van der Waals surface area (Å²) in [6.07, 6.45) is 0. The predicted octanol–water partition coefficient (Wildman–Crippen LogP) is 4.39. The Kier molecular flexibility index (Phi) is 5.15. The second-order valence-corrected chi connectivity index (χ2v) is 6.59. The summed E-state index contributed by atoms with van der Waals surface area (Å²) in [6, 6.07) is 9.92. The van der Waals surface area contributed by atoms with Gasteiger partial charge in [-0.1, -0.05) is 23.4 Å². The number of ketones is 1.